The summed E-state index contributed by atoms with van der Waals surface area (Å²) in [7, 11) is 1.34. The highest BCUT2D eigenvalue weighted by atomic mass is 35.5. The van der Waals surface area contributed by atoms with E-state index in [4.69, 9.17) is 33.0 Å². The lowest BCUT2D eigenvalue weighted by molar-refractivity contribution is -0.122. The van der Waals surface area contributed by atoms with Gasteiger partial charge in [0.25, 0.3) is 0 Å². The molecule has 4 heterocycles. The summed E-state index contributed by atoms with van der Waals surface area (Å²) in [5.74, 6) is -1.96. The topological polar surface area (TPSA) is 85.2 Å². The summed E-state index contributed by atoms with van der Waals surface area (Å²) in [4.78, 5) is 26.1. The highest BCUT2D eigenvalue weighted by Gasteiger charge is 2.65. The average molecular weight is 551 g/mol. The Morgan fingerprint density at radius 2 is 2.03 bits per heavy atom. The smallest absolute Gasteiger partial charge is 0.338 e. The van der Waals surface area contributed by atoms with Gasteiger partial charge >= 0.3 is 5.97 Å². The molecule has 3 aliphatic heterocycles. The third-order valence-corrected chi connectivity index (χ3v) is 8.82. The third-order valence-electron chi connectivity index (χ3n) is 8.29. The fraction of sp³-hybridized carbons (Fsp3) is 0.250. The van der Waals surface area contributed by atoms with Crippen LogP contribution in [0.25, 0.3) is 10.9 Å². The molecule has 0 unspecified atom stereocenters. The van der Waals surface area contributed by atoms with Crippen molar-refractivity contribution in [2.75, 3.05) is 12.4 Å². The van der Waals surface area contributed by atoms with E-state index in [-0.39, 0.29) is 17.0 Å². The van der Waals surface area contributed by atoms with Crippen molar-refractivity contribution in [3.8, 4) is 0 Å². The molecule has 1 saturated heterocycles. The standard InChI is InChI=1S/C28H21Cl2FN4O3/c1-12-14(26(36)38-2)7-8-15-21-11-20-25(35(21)34-24(12)15)22(16-4-3-5-18(30)23(16)31)28(33-20)17-9-6-13(29)10-19(17)32-27(28)37/h3-10,20,22,25,33H,11H2,1-2H3,(H,32,37)/t20-,22-,25+,28+/m0/s1. The van der Waals surface area contributed by atoms with Crippen molar-refractivity contribution in [3.63, 3.8) is 0 Å². The van der Waals surface area contributed by atoms with E-state index in [1.807, 2.05) is 23.7 Å². The lowest BCUT2D eigenvalue weighted by Gasteiger charge is -2.33. The molecular weight excluding hydrogens is 530 g/mol. The van der Waals surface area contributed by atoms with Crippen LogP contribution in [0.2, 0.25) is 10.0 Å². The Hall–Kier alpha value is -3.46. The van der Waals surface area contributed by atoms with Gasteiger partial charge in [-0.3, -0.25) is 14.8 Å². The molecule has 1 amide bonds. The van der Waals surface area contributed by atoms with Crippen molar-refractivity contribution in [2.24, 2.45) is 0 Å². The van der Waals surface area contributed by atoms with Crippen molar-refractivity contribution < 1.29 is 18.7 Å². The number of anilines is 1. The number of carbonyl (C=O) groups is 2. The Morgan fingerprint density at radius 1 is 1.21 bits per heavy atom. The van der Waals surface area contributed by atoms with Crippen molar-refractivity contribution in [1.82, 2.24) is 15.1 Å². The number of carbonyl (C=O) groups excluding carboxylic acids is 2. The number of rotatable bonds is 2. The molecule has 0 aliphatic carbocycles. The summed E-state index contributed by atoms with van der Waals surface area (Å²) in [5, 5.41) is 12.9. The largest absolute Gasteiger partial charge is 0.465 e. The third kappa shape index (κ3) is 2.91. The fourth-order valence-electron chi connectivity index (χ4n) is 6.72. The van der Waals surface area contributed by atoms with Gasteiger partial charge in [0.15, 0.2) is 0 Å². The number of aryl methyl sites for hydroxylation is 1. The van der Waals surface area contributed by atoms with Crippen LogP contribution in [-0.2, 0) is 21.5 Å². The Balaban J connectivity index is 1.48. The first-order valence-corrected chi connectivity index (χ1v) is 12.9. The summed E-state index contributed by atoms with van der Waals surface area (Å²) in [6.45, 7) is 1.84. The highest BCUT2D eigenvalue weighted by Crippen LogP contribution is 2.59. The Labute approximate surface area is 226 Å². The van der Waals surface area contributed by atoms with E-state index < -0.39 is 29.3 Å². The molecule has 192 valence electrons. The average Bonchev–Trinajstić information content (AvgIpc) is 3.59. The van der Waals surface area contributed by atoms with Crippen LogP contribution >= 0.6 is 23.2 Å². The molecule has 1 fully saturated rings. The zero-order chi connectivity index (χ0) is 26.5. The summed E-state index contributed by atoms with van der Waals surface area (Å²) in [5.41, 5.74) is 3.14. The van der Waals surface area contributed by atoms with Gasteiger partial charge < -0.3 is 10.1 Å². The second kappa shape index (κ2) is 8.02. The number of halogens is 3. The number of methoxy groups -OCH3 is 1. The number of amides is 1. The molecule has 10 heteroatoms. The van der Waals surface area contributed by atoms with Crippen LogP contribution < -0.4 is 10.6 Å². The van der Waals surface area contributed by atoms with Crippen molar-refractivity contribution in [1.29, 1.82) is 0 Å². The van der Waals surface area contributed by atoms with Crippen molar-refractivity contribution >= 4 is 51.7 Å². The van der Waals surface area contributed by atoms with E-state index in [0.29, 0.717) is 44.9 Å². The van der Waals surface area contributed by atoms with Gasteiger partial charge in [0.1, 0.15) is 11.4 Å². The number of nitrogens with zero attached hydrogens (tertiary/aromatic N) is 2. The molecule has 4 atom stereocenters. The number of hydrogen-bond donors (Lipinski definition) is 2. The summed E-state index contributed by atoms with van der Waals surface area (Å²) in [6, 6.07) is 13.1. The maximum atomic E-state index is 15.7. The van der Waals surface area contributed by atoms with Crippen LogP contribution in [0.4, 0.5) is 10.1 Å². The summed E-state index contributed by atoms with van der Waals surface area (Å²) >= 11 is 12.5. The number of hydrogen-bond acceptors (Lipinski definition) is 5. The molecule has 1 spiro atoms. The molecule has 4 aromatic rings. The van der Waals surface area contributed by atoms with E-state index in [0.717, 1.165) is 11.1 Å². The molecule has 1 aromatic heterocycles. The minimum atomic E-state index is -1.26. The number of aromatic nitrogens is 2. The number of benzene rings is 3. The lowest BCUT2D eigenvalue weighted by atomic mass is 9.74. The van der Waals surface area contributed by atoms with Gasteiger partial charge in [-0.15, -0.1) is 0 Å². The second-order valence-electron chi connectivity index (χ2n) is 10.0. The lowest BCUT2D eigenvalue weighted by Crippen LogP contribution is -2.49. The van der Waals surface area contributed by atoms with E-state index in [1.54, 1.807) is 30.3 Å². The minimum Gasteiger partial charge on any atom is -0.465 e. The molecule has 2 N–H and O–H groups in total. The Morgan fingerprint density at radius 3 is 2.82 bits per heavy atom. The van der Waals surface area contributed by atoms with Gasteiger partial charge in [-0.25, -0.2) is 9.18 Å². The van der Waals surface area contributed by atoms with E-state index >= 15 is 4.39 Å². The van der Waals surface area contributed by atoms with Gasteiger partial charge in [0.05, 0.1) is 29.3 Å². The van der Waals surface area contributed by atoms with Crippen LogP contribution in [0.1, 0.15) is 44.7 Å². The molecule has 0 bridgehead atoms. The molecule has 3 aliphatic rings. The molecule has 0 radical (unpaired) electrons. The van der Waals surface area contributed by atoms with Crippen LogP contribution in [0.3, 0.4) is 0 Å². The first-order chi connectivity index (χ1) is 18.3. The van der Waals surface area contributed by atoms with Gasteiger partial charge in [0, 0.05) is 45.7 Å². The zero-order valence-corrected chi connectivity index (χ0v) is 21.8. The van der Waals surface area contributed by atoms with Crippen molar-refractivity contribution in [3.05, 3.63) is 92.3 Å². The minimum absolute atomic E-state index is 0.0155. The normalized spacial score (nSPS) is 25.0. The molecule has 38 heavy (non-hydrogen) atoms. The first-order valence-electron chi connectivity index (χ1n) is 12.2. The van der Waals surface area contributed by atoms with E-state index in [2.05, 4.69) is 10.6 Å². The zero-order valence-electron chi connectivity index (χ0n) is 20.3. The maximum absolute atomic E-state index is 15.7. The second-order valence-corrected chi connectivity index (χ2v) is 10.9. The molecule has 7 nitrogen and oxygen atoms in total. The summed E-state index contributed by atoms with van der Waals surface area (Å²) in [6.07, 6.45) is 0.564. The molecule has 7 rings (SSSR count). The predicted molar refractivity (Wildman–Crippen MR) is 141 cm³/mol. The van der Waals surface area contributed by atoms with Gasteiger partial charge in [-0.05, 0) is 42.3 Å². The number of fused-ring (bicyclic) bond motifs is 7. The van der Waals surface area contributed by atoms with Crippen LogP contribution in [0.15, 0.2) is 48.5 Å². The monoisotopic (exact) mass is 550 g/mol. The van der Waals surface area contributed by atoms with E-state index in [1.165, 1.54) is 13.2 Å². The molecular formula is C28H21Cl2FN4O3. The van der Waals surface area contributed by atoms with Crippen LogP contribution in [0, 0.1) is 12.7 Å². The predicted octanol–water partition coefficient (Wildman–Crippen LogP) is 5.28. The number of esters is 1. The Kier molecular flexibility index (Phi) is 4.99. The SMILES string of the molecule is COC(=O)c1ccc2c3n(nc2c1C)[C@@H]1[C@H](C3)N[C@@]2(C(=O)Nc3cc(Cl)ccc32)[C@H]1c1cccc(Cl)c1F. The first kappa shape index (κ1) is 23.6. The van der Waals surface area contributed by atoms with Gasteiger partial charge in [-0.1, -0.05) is 47.5 Å². The molecule has 3 aromatic carbocycles. The highest BCUT2D eigenvalue weighted by molar-refractivity contribution is 6.31. The van der Waals surface area contributed by atoms with Crippen molar-refractivity contribution in [2.45, 2.75) is 36.9 Å². The number of ether oxygens (including phenoxy) is 1. The van der Waals surface area contributed by atoms with Gasteiger partial charge in [0.2, 0.25) is 5.91 Å². The Bertz CT molecular complexity index is 1720. The van der Waals surface area contributed by atoms with Crippen LogP contribution in [-0.4, -0.2) is 34.8 Å². The fourth-order valence-corrected chi connectivity index (χ4v) is 7.07. The van der Waals surface area contributed by atoms with Crippen LogP contribution in [0.5, 0.6) is 0 Å². The maximum Gasteiger partial charge on any atom is 0.338 e. The molecule has 0 saturated carbocycles. The van der Waals surface area contributed by atoms with Gasteiger partial charge in [-0.2, -0.15) is 5.10 Å². The quantitative estimate of drug-likeness (QED) is 0.332. The summed E-state index contributed by atoms with van der Waals surface area (Å²) < 4.78 is 22.6. The number of nitrogens with one attached hydrogen (secondary N) is 2. The van der Waals surface area contributed by atoms with E-state index in [9.17, 15) is 9.59 Å².